The van der Waals surface area contributed by atoms with Crippen LogP contribution in [0.5, 0.6) is 0 Å². The van der Waals surface area contributed by atoms with Crippen LogP contribution in [-0.2, 0) is 14.3 Å². The van der Waals surface area contributed by atoms with E-state index in [1.807, 2.05) is 56.3 Å². The van der Waals surface area contributed by atoms with E-state index in [9.17, 15) is 14.4 Å². The van der Waals surface area contributed by atoms with Gasteiger partial charge >= 0.3 is 6.09 Å². The minimum Gasteiger partial charge on any atom is -0.444 e. The molecular formula is C27H34ClN3O4. The molecule has 3 rings (SSSR count). The summed E-state index contributed by atoms with van der Waals surface area (Å²) >= 11 is 6.37. The Hall–Kier alpha value is -3.06. The zero-order chi connectivity index (χ0) is 25.9. The molecule has 4 atom stereocenters. The van der Waals surface area contributed by atoms with Gasteiger partial charge in [0.2, 0.25) is 5.91 Å². The maximum Gasteiger partial charge on any atom is 0.408 e. The van der Waals surface area contributed by atoms with Crippen LogP contribution in [0.3, 0.4) is 0 Å². The van der Waals surface area contributed by atoms with Crippen molar-refractivity contribution in [3.05, 3.63) is 64.7 Å². The van der Waals surface area contributed by atoms with Gasteiger partial charge in [-0.05, 0) is 64.2 Å². The maximum atomic E-state index is 13.8. The first-order valence-corrected chi connectivity index (χ1v) is 12.2. The number of para-hydroxylation sites is 1. The van der Waals surface area contributed by atoms with Crippen LogP contribution in [0.25, 0.3) is 0 Å². The third-order valence-electron chi connectivity index (χ3n) is 5.89. The molecule has 0 heterocycles. The first kappa shape index (κ1) is 26.5. The van der Waals surface area contributed by atoms with Crippen molar-refractivity contribution in [2.24, 2.45) is 5.92 Å². The SMILES string of the molecule is Cc1cccc(Cl)c1NC(=O)C(c1ccccc1)N(C(=O)C(C)NC(=O)OC(C)(C)C)C1CC1C. The second-order valence-corrected chi connectivity index (χ2v) is 10.5. The van der Waals surface area contributed by atoms with Crippen LogP contribution in [0, 0.1) is 12.8 Å². The Balaban J connectivity index is 1.94. The summed E-state index contributed by atoms with van der Waals surface area (Å²) in [6.07, 6.45) is 0.0849. The van der Waals surface area contributed by atoms with Gasteiger partial charge in [0.1, 0.15) is 17.7 Å². The van der Waals surface area contributed by atoms with E-state index in [1.165, 1.54) is 0 Å². The highest BCUT2D eigenvalue weighted by molar-refractivity contribution is 6.34. The molecule has 0 saturated heterocycles. The van der Waals surface area contributed by atoms with Crippen LogP contribution in [-0.4, -0.2) is 40.5 Å². The molecule has 8 heteroatoms. The summed E-state index contributed by atoms with van der Waals surface area (Å²) in [6.45, 7) is 10.8. The number of ether oxygens (including phenoxy) is 1. The number of rotatable bonds is 7. The van der Waals surface area contributed by atoms with Crippen LogP contribution in [0.2, 0.25) is 5.02 Å². The van der Waals surface area contributed by atoms with Gasteiger partial charge in [-0.1, -0.05) is 61.0 Å². The van der Waals surface area contributed by atoms with Gasteiger partial charge in [0.25, 0.3) is 5.91 Å². The average Bonchev–Trinajstić information content (AvgIpc) is 3.49. The second-order valence-electron chi connectivity index (χ2n) is 10.1. The number of hydrogen-bond donors (Lipinski definition) is 2. The van der Waals surface area contributed by atoms with Gasteiger partial charge < -0.3 is 20.3 Å². The second kappa shape index (κ2) is 10.7. The highest BCUT2D eigenvalue weighted by Crippen LogP contribution is 2.41. The lowest BCUT2D eigenvalue weighted by Crippen LogP contribution is -2.52. The number of aryl methyl sites for hydroxylation is 1. The Morgan fingerprint density at radius 2 is 1.71 bits per heavy atom. The zero-order valence-electron chi connectivity index (χ0n) is 21.1. The van der Waals surface area contributed by atoms with Crippen molar-refractivity contribution in [3.63, 3.8) is 0 Å². The van der Waals surface area contributed by atoms with Crippen LogP contribution in [0.1, 0.15) is 58.2 Å². The Bertz CT molecular complexity index is 1060. The lowest BCUT2D eigenvalue weighted by atomic mass is 10.0. The first-order valence-electron chi connectivity index (χ1n) is 11.8. The fourth-order valence-corrected chi connectivity index (χ4v) is 4.27. The molecule has 188 valence electrons. The number of carbonyl (C=O) groups is 3. The van der Waals surface area contributed by atoms with Crippen molar-refractivity contribution in [1.29, 1.82) is 0 Å². The summed E-state index contributed by atoms with van der Waals surface area (Å²) in [6, 6.07) is 12.6. The van der Waals surface area contributed by atoms with Gasteiger partial charge in [-0.25, -0.2) is 4.79 Å². The van der Waals surface area contributed by atoms with E-state index in [-0.39, 0.29) is 23.8 Å². The molecule has 2 N–H and O–H groups in total. The normalized spacial score (nSPS) is 18.7. The fraction of sp³-hybridized carbons (Fsp3) is 0.444. The Morgan fingerprint density at radius 3 is 2.26 bits per heavy atom. The predicted molar refractivity (Wildman–Crippen MR) is 137 cm³/mol. The topological polar surface area (TPSA) is 87.7 Å². The Labute approximate surface area is 212 Å². The summed E-state index contributed by atoms with van der Waals surface area (Å²) < 4.78 is 5.32. The van der Waals surface area contributed by atoms with Crippen molar-refractivity contribution in [1.82, 2.24) is 10.2 Å². The van der Waals surface area contributed by atoms with E-state index < -0.39 is 23.8 Å². The van der Waals surface area contributed by atoms with Crippen LogP contribution >= 0.6 is 11.6 Å². The first-order chi connectivity index (χ1) is 16.4. The lowest BCUT2D eigenvalue weighted by molar-refractivity contribution is -0.141. The highest BCUT2D eigenvalue weighted by Gasteiger charge is 2.47. The number of nitrogens with one attached hydrogen (secondary N) is 2. The monoisotopic (exact) mass is 499 g/mol. The molecule has 3 amide bonds. The smallest absolute Gasteiger partial charge is 0.408 e. The zero-order valence-corrected chi connectivity index (χ0v) is 21.8. The van der Waals surface area contributed by atoms with Crippen molar-refractivity contribution in [2.75, 3.05) is 5.32 Å². The van der Waals surface area contributed by atoms with E-state index in [2.05, 4.69) is 10.6 Å². The number of benzene rings is 2. The van der Waals surface area contributed by atoms with Crippen molar-refractivity contribution in [2.45, 2.75) is 71.7 Å². The molecule has 2 aromatic rings. The minimum absolute atomic E-state index is 0.131. The molecule has 0 aromatic heterocycles. The van der Waals surface area contributed by atoms with Gasteiger partial charge in [0.05, 0.1) is 10.7 Å². The minimum atomic E-state index is -0.905. The number of nitrogens with zero attached hydrogens (tertiary/aromatic N) is 1. The molecule has 1 fully saturated rings. The molecule has 1 saturated carbocycles. The van der Waals surface area contributed by atoms with E-state index in [0.29, 0.717) is 16.3 Å². The lowest BCUT2D eigenvalue weighted by Gasteiger charge is -2.34. The van der Waals surface area contributed by atoms with Crippen LogP contribution in [0.15, 0.2) is 48.5 Å². The van der Waals surface area contributed by atoms with E-state index in [4.69, 9.17) is 16.3 Å². The van der Waals surface area contributed by atoms with Gasteiger partial charge in [0.15, 0.2) is 0 Å². The molecule has 0 spiro atoms. The van der Waals surface area contributed by atoms with Crippen molar-refractivity contribution >= 4 is 35.2 Å². The molecule has 0 radical (unpaired) electrons. The predicted octanol–water partition coefficient (Wildman–Crippen LogP) is 5.48. The van der Waals surface area contributed by atoms with Gasteiger partial charge in [-0.2, -0.15) is 0 Å². The summed E-state index contributed by atoms with van der Waals surface area (Å²) in [4.78, 5) is 41.4. The van der Waals surface area contributed by atoms with Gasteiger partial charge in [0, 0.05) is 6.04 Å². The van der Waals surface area contributed by atoms with Crippen molar-refractivity contribution in [3.8, 4) is 0 Å². The van der Waals surface area contributed by atoms with Crippen LogP contribution < -0.4 is 10.6 Å². The molecule has 4 unspecified atom stereocenters. The molecule has 35 heavy (non-hydrogen) atoms. The molecule has 1 aliphatic carbocycles. The average molecular weight is 500 g/mol. The number of hydrogen-bond acceptors (Lipinski definition) is 4. The molecule has 0 bridgehead atoms. The molecule has 2 aromatic carbocycles. The van der Waals surface area contributed by atoms with Gasteiger partial charge in [-0.3, -0.25) is 9.59 Å². The molecule has 1 aliphatic rings. The summed E-state index contributed by atoms with van der Waals surface area (Å²) in [5, 5.41) is 5.99. The molecule has 7 nitrogen and oxygen atoms in total. The number of carbonyl (C=O) groups excluding carboxylic acids is 3. The third kappa shape index (κ3) is 6.75. The quantitative estimate of drug-likeness (QED) is 0.528. The van der Waals surface area contributed by atoms with E-state index in [0.717, 1.165) is 12.0 Å². The summed E-state index contributed by atoms with van der Waals surface area (Å²) in [5.74, 6) is -0.497. The largest absolute Gasteiger partial charge is 0.444 e. The third-order valence-corrected chi connectivity index (χ3v) is 6.21. The number of alkyl carbamates (subject to hydrolysis) is 1. The highest BCUT2D eigenvalue weighted by atomic mass is 35.5. The molecule has 0 aliphatic heterocycles. The fourth-order valence-electron chi connectivity index (χ4n) is 4.00. The maximum absolute atomic E-state index is 13.8. The standard InChI is InChI=1S/C27H34ClN3O4/c1-16-11-10-14-20(28)22(16)30-24(32)23(19-12-8-7-9-13-19)31(21-15-17(21)2)25(33)18(3)29-26(34)35-27(4,5)6/h7-14,17-18,21,23H,15H2,1-6H3,(H,29,34)(H,30,32). The number of amides is 3. The Kier molecular flexibility index (Phi) is 8.11. The number of anilines is 1. The van der Waals surface area contributed by atoms with Crippen LogP contribution in [0.4, 0.5) is 10.5 Å². The summed E-state index contributed by atoms with van der Waals surface area (Å²) in [5.41, 5.74) is 1.30. The number of halogens is 1. The molecular weight excluding hydrogens is 466 g/mol. The van der Waals surface area contributed by atoms with Gasteiger partial charge in [-0.15, -0.1) is 0 Å². The van der Waals surface area contributed by atoms with E-state index >= 15 is 0 Å². The Morgan fingerprint density at radius 1 is 1.09 bits per heavy atom. The van der Waals surface area contributed by atoms with E-state index in [1.54, 1.807) is 38.7 Å². The van der Waals surface area contributed by atoms with Crippen molar-refractivity contribution < 1.29 is 19.1 Å². The summed E-state index contributed by atoms with van der Waals surface area (Å²) in [7, 11) is 0.